The molecule has 1 aliphatic rings. The van der Waals surface area contributed by atoms with E-state index in [-0.39, 0.29) is 0 Å². The highest BCUT2D eigenvalue weighted by molar-refractivity contribution is 5.89. The summed E-state index contributed by atoms with van der Waals surface area (Å²) < 4.78 is 10.8. The van der Waals surface area contributed by atoms with E-state index >= 15 is 0 Å². The van der Waals surface area contributed by atoms with Crippen molar-refractivity contribution in [1.29, 1.82) is 0 Å². The van der Waals surface area contributed by atoms with Gasteiger partial charge in [-0.3, -0.25) is 4.90 Å². The fourth-order valence-corrected chi connectivity index (χ4v) is 2.14. The first-order valence-corrected chi connectivity index (χ1v) is 7.18. The summed E-state index contributed by atoms with van der Waals surface area (Å²) in [4.78, 5) is 25.7. The van der Waals surface area contributed by atoms with Crippen LogP contribution in [0.15, 0.2) is 42.5 Å². The largest absolute Gasteiger partial charge is 0.444 e. The second-order valence-corrected chi connectivity index (χ2v) is 6.29. The zero-order valence-corrected chi connectivity index (χ0v) is 13.2. The van der Waals surface area contributed by atoms with Crippen molar-refractivity contribution in [3.63, 3.8) is 0 Å². The maximum atomic E-state index is 12.2. The van der Waals surface area contributed by atoms with E-state index in [4.69, 9.17) is 9.47 Å². The molecule has 0 spiro atoms. The molecular formula is C17H21NO4. The van der Waals surface area contributed by atoms with Crippen molar-refractivity contribution >= 4 is 12.1 Å². The minimum Gasteiger partial charge on any atom is -0.444 e. The third kappa shape index (κ3) is 4.10. The Bertz CT molecular complexity index is 574. The molecule has 118 valence electrons. The number of amides is 1. The fraction of sp³-hybridized carbons (Fsp3) is 0.412. The van der Waals surface area contributed by atoms with Gasteiger partial charge in [0.1, 0.15) is 5.60 Å². The summed E-state index contributed by atoms with van der Waals surface area (Å²) in [7, 11) is 0. The molecule has 1 amide bonds. The number of hydrogen-bond acceptors (Lipinski definition) is 4. The van der Waals surface area contributed by atoms with Crippen LogP contribution < -0.4 is 0 Å². The van der Waals surface area contributed by atoms with E-state index in [1.807, 2.05) is 6.07 Å². The van der Waals surface area contributed by atoms with Crippen LogP contribution in [0.2, 0.25) is 0 Å². The van der Waals surface area contributed by atoms with Crippen LogP contribution >= 0.6 is 0 Å². The number of likely N-dealkylation sites (tertiary alicyclic amines) is 1. The van der Waals surface area contributed by atoms with Gasteiger partial charge in [0.25, 0.3) is 0 Å². The quantitative estimate of drug-likeness (QED) is 0.621. The summed E-state index contributed by atoms with van der Waals surface area (Å²) >= 11 is 0. The summed E-state index contributed by atoms with van der Waals surface area (Å²) in [6.45, 7) is 9.59. The molecule has 1 unspecified atom stereocenters. The molecule has 1 aromatic rings. The Balaban J connectivity index is 2.06. The molecule has 0 radical (unpaired) electrons. The van der Waals surface area contributed by atoms with Crippen molar-refractivity contribution in [3.05, 3.63) is 48.0 Å². The van der Waals surface area contributed by atoms with E-state index < -0.39 is 23.9 Å². The monoisotopic (exact) mass is 303 g/mol. The molecule has 0 aromatic heterocycles. The third-order valence-electron chi connectivity index (χ3n) is 3.09. The number of carbonyl (C=O) groups excluding carboxylic acids is 2. The average Bonchev–Trinajstić information content (AvgIpc) is 2.79. The van der Waals surface area contributed by atoms with E-state index in [0.717, 1.165) is 5.57 Å². The maximum absolute atomic E-state index is 12.2. The van der Waals surface area contributed by atoms with Gasteiger partial charge in [0.2, 0.25) is 0 Å². The first-order valence-electron chi connectivity index (χ1n) is 7.18. The van der Waals surface area contributed by atoms with Gasteiger partial charge in [-0.15, -0.1) is 0 Å². The van der Waals surface area contributed by atoms with Crippen LogP contribution in [-0.2, 0) is 9.47 Å². The molecule has 1 aliphatic heterocycles. The fourth-order valence-electron chi connectivity index (χ4n) is 2.14. The van der Waals surface area contributed by atoms with Gasteiger partial charge in [-0.05, 0) is 32.9 Å². The van der Waals surface area contributed by atoms with E-state index in [1.54, 1.807) is 45.0 Å². The van der Waals surface area contributed by atoms with Gasteiger partial charge < -0.3 is 9.47 Å². The average molecular weight is 303 g/mol. The molecular weight excluding hydrogens is 282 g/mol. The van der Waals surface area contributed by atoms with Gasteiger partial charge >= 0.3 is 12.1 Å². The number of benzene rings is 1. The van der Waals surface area contributed by atoms with Gasteiger partial charge in [-0.2, -0.15) is 0 Å². The molecule has 1 saturated heterocycles. The number of rotatable bonds is 2. The minimum absolute atomic E-state index is 0.335. The number of esters is 1. The smallest absolute Gasteiger partial charge is 0.413 e. The Hall–Kier alpha value is -2.30. The SMILES string of the molecule is C=C1CC(OC(=O)c2ccccc2)N(C(=O)OC(C)(C)C)C1. The van der Waals surface area contributed by atoms with Gasteiger partial charge in [0, 0.05) is 13.0 Å². The highest BCUT2D eigenvalue weighted by atomic mass is 16.6. The van der Waals surface area contributed by atoms with Crippen LogP contribution in [0.1, 0.15) is 37.6 Å². The maximum Gasteiger partial charge on any atom is 0.413 e. The summed E-state index contributed by atoms with van der Waals surface area (Å²) in [6, 6.07) is 8.68. The summed E-state index contributed by atoms with van der Waals surface area (Å²) in [5, 5.41) is 0. The molecule has 1 fully saturated rings. The molecule has 0 saturated carbocycles. The highest BCUT2D eigenvalue weighted by Gasteiger charge is 2.36. The molecule has 1 aromatic carbocycles. The molecule has 5 nitrogen and oxygen atoms in total. The van der Waals surface area contributed by atoms with Crippen molar-refractivity contribution in [2.24, 2.45) is 0 Å². The van der Waals surface area contributed by atoms with Crippen LogP contribution in [0.5, 0.6) is 0 Å². The number of carbonyl (C=O) groups is 2. The number of ether oxygens (including phenoxy) is 2. The second-order valence-electron chi connectivity index (χ2n) is 6.29. The standard InChI is InChI=1S/C17H21NO4/c1-12-10-14(18(11-12)16(20)22-17(2,3)4)21-15(19)13-8-6-5-7-9-13/h5-9,14H,1,10-11H2,2-4H3. The van der Waals surface area contributed by atoms with Crippen molar-refractivity contribution in [1.82, 2.24) is 4.90 Å². The lowest BCUT2D eigenvalue weighted by Crippen LogP contribution is -2.41. The first kappa shape index (κ1) is 16.1. The van der Waals surface area contributed by atoms with Crippen LogP contribution in [0, 0.1) is 0 Å². The zero-order chi connectivity index (χ0) is 16.3. The molecule has 0 N–H and O–H groups in total. The first-order chi connectivity index (χ1) is 10.3. The molecule has 22 heavy (non-hydrogen) atoms. The minimum atomic E-state index is -0.671. The third-order valence-corrected chi connectivity index (χ3v) is 3.09. The Labute approximate surface area is 130 Å². The van der Waals surface area contributed by atoms with Crippen LogP contribution in [0.4, 0.5) is 4.79 Å². The number of nitrogens with zero attached hydrogens (tertiary/aromatic N) is 1. The van der Waals surface area contributed by atoms with Crippen LogP contribution in [-0.4, -0.2) is 35.3 Å². The Morgan fingerprint density at radius 3 is 2.45 bits per heavy atom. The molecule has 1 atom stereocenters. The molecule has 2 rings (SSSR count). The van der Waals surface area contributed by atoms with Gasteiger partial charge in [-0.1, -0.05) is 30.4 Å². The Morgan fingerprint density at radius 2 is 1.86 bits per heavy atom. The lowest BCUT2D eigenvalue weighted by molar-refractivity contribution is -0.0308. The summed E-state index contributed by atoms with van der Waals surface area (Å²) in [5.74, 6) is -0.464. The Morgan fingerprint density at radius 1 is 1.23 bits per heavy atom. The second kappa shape index (κ2) is 6.22. The normalized spacial score (nSPS) is 18.2. The molecule has 1 heterocycles. The predicted octanol–water partition coefficient (Wildman–Crippen LogP) is 3.37. The topological polar surface area (TPSA) is 55.8 Å². The van der Waals surface area contributed by atoms with Crippen LogP contribution in [0.25, 0.3) is 0 Å². The molecule has 0 bridgehead atoms. The van der Waals surface area contributed by atoms with Gasteiger partial charge in [0.05, 0.1) is 5.56 Å². The van der Waals surface area contributed by atoms with Crippen molar-refractivity contribution in [2.45, 2.75) is 39.0 Å². The molecule has 5 heteroatoms. The van der Waals surface area contributed by atoms with E-state index in [9.17, 15) is 9.59 Å². The van der Waals surface area contributed by atoms with E-state index in [0.29, 0.717) is 18.5 Å². The number of hydrogen-bond donors (Lipinski definition) is 0. The predicted molar refractivity (Wildman–Crippen MR) is 82.3 cm³/mol. The lowest BCUT2D eigenvalue weighted by atomic mass is 10.2. The van der Waals surface area contributed by atoms with Gasteiger partial charge in [-0.25, -0.2) is 9.59 Å². The summed E-state index contributed by atoms with van der Waals surface area (Å²) in [5.41, 5.74) is 0.676. The zero-order valence-electron chi connectivity index (χ0n) is 13.2. The van der Waals surface area contributed by atoms with Crippen molar-refractivity contribution < 1.29 is 19.1 Å². The Kier molecular flexibility index (Phi) is 4.54. The van der Waals surface area contributed by atoms with Gasteiger partial charge in [0.15, 0.2) is 6.23 Å². The molecule has 0 aliphatic carbocycles. The lowest BCUT2D eigenvalue weighted by Gasteiger charge is -2.27. The van der Waals surface area contributed by atoms with E-state index in [1.165, 1.54) is 4.90 Å². The van der Waals surface area contributed by atoms with Crippen molar-refractivity contribution in [3.8, 4) is 0 Å². The van der Waals surface area contributed by atoms with Crippen molar-refractivity contribution in [2.75, 3.05) is 6.54 Å². The highest BCUT2D eigenvalue weighted by Crippen LogP contribution is 2.25. The van der Waals surface area contributed by atoms with E-state index in [2.05, 4.69) is 6.58 Å². The van der Waals surface area contributed by atoms with Crippen LogP contribution in [0.3, 0.4) is 0 Å². The summed E-state index contributed by atoms with van der Waals surface area (Å²) in [6.07, 6.45) is -0.746.